The molecule has 3 aromatic carbocycles. The number of anilines is 2. The second kappa shape index (κ2) is 8.62. The van der Waals surface area contributed by atoms with E-state index in [-0.39, 0.29) is 17.0 Å². The topological polar surface area (TPSA) is 58.6 Å². The predicted molar refractivity (Wildman–Crippen MR) is 118 cm³/mol. The molecule has 0 saturated carbocycles. The van der Waals surface area contributed by atoms with Crippen LogP contribution in [0.1, 0.15) is 12.5 Å². The molecule has 7 heteroatoms. The molecule has 1 heterocycles. The van der Waals surface area contributed by atoms with Crippen molar-refractivity contribution in [3.05, 3.63) is 94.9 Å². The lowest BCUT2D eigenvalue weighted by atomic mass is 10.0. The van der Waals surface area contributed by atoms with Gasteiger partial charge in [-0.05, 0) is 61.0 Å². The number of para-hydroxylation sites is 1. The van der Waals surface area contributed by atoms with E-state index in [0.29, 0.717) is 28.6 Å². The lowest BCUT2D eigenvalue weighted by Gasteiger charge is -2.16. The van der Waals surface area contributed by atoms with Crippen LogP contribution < -0.4 is 15.0 Å². The maximum Gasteiger partial charge on any atom is 0.282 e. The molecule has 0 spiro atoms. The Morgan fingerprint density at radius 3 is 2.26 bits per heavy atom. The summed E-state index contributed by atoms with van der Waals surface area (Å²) in [6, 6.07) is 19.2. The number of carbonyl (C=O) groups excluding carboxylic acids is 2. The fraction of sp³-hybridized carbons (Fsp3) is 0.0833. The Hall–Kier alpha value is -3.64. The van der Waals surface area contributed by atoms with E-state index in [1.807, 2.05) is 6.92 Å². The molecule has 0 fully saturated rings. The minimum atomic E-state index is -0.665. The molecule has 156 valence electrons. The number of imide groups is 1. The number of carbonyl (C=O) groups is 2. The summed E-state index contributed by atoms with van der Waals surface area (Å²) in [5, 5.41) is 3.52. The number of nitrogens with zero attached hydrogens (tertiary/aromatic N) is 1. The van der Waals surface area contributed by atoms with E-state index in [9.17, 15) is 14.0 Å². The monoisotopic (exact) mass is 436 g/mol. The van der Waals surface area contributed by atoms with Gasteiger partial charge in [-0.1, -0.05) is 35.9 Å². The first kappa shape index (κ1) is 20.6. The van der Waals surface area contributed by atoms with Crippen molar-refractivity contribution in [1.29, 1.82) is 0 Å². The van der Waals surface area contributed by atoms with Crippen molar-refractivity contribution < 1.29 is 18.7 Å². The molecule has 2 amide bonds. The number of rotatable bonds is 6. The third-order valence-corrected chi connectivity index (χ3v) is 5.00. The fourth-order valence-electron chi connectivity index (χ4n) is 3.33. The molecule has 31 heavy (non-hydrogen) atoms. The Labute approximate surface area is 183 Å². The maximum atomic E-state index is 14.4. The Kier molecular flexibility index (Phi) is 5.73. The molecule has 3 aromatic rings. The number of hydrogen-bond donors (Lipinski definition) is 1. The van der Waals surface area contributed by atoms with Gasteiger partial charge in [-0.3, -0.25) is 9.59 Å². The number of amides is 2. The zero-order valence-corrected chi connectivity index (χ0v) is 17.3. The van der Waals surface area contributed by atoms with Gasteiger partial charge in [-0.2, -0.15) is 0 Å². The zero-order valence-electron chi connectivity index (χ0n) is 16.6. The smallest absolute Gasteiger partial charge is 0.282 e. The van der Waals surface area contributed by atoms with E-state index in [0.717, 1.165) is 4.90 Å². The van der Waals surface area contributed by atoms with E-state index in [2.05, 4.69) is 5.32 Å². The Balaban J connectivity index is 1.78. The minimum absolute atomic E-state index is 0.0553. The van der Waals surface area contributed by atoms with E-state index in [1.165, 1.54) is 18.2 Å². The second-order valence-corrected chi connectivity index (χ2v) is 7.17. The zero-order chi connectivity index (χ0) is 22.0. The average Bonchev–Trinajstić information content (AvgIpc) is 3.00. The van der Waals surface area contributed by atoms with Gasteiger partial charge in [0.2, 0.25) is 0 Å². The minimum Gasteiger partial charge on any atom is -0.494 e. The SMILES string of the molecule is CCOc1ccc(NC2=C(c3ccc(Cl)cc3)C(=O)N(c3ccccc3F)C2=O)cc1. The lowest BCUT2D eigenvalue weighted by Crippen LogP contribution is -2.33. The van der Waals surface area contributed by atoms with Crippen LogP contribution in [0.25, 0.3) is 5.57 Å². The highest BCUT2D eigenvalue weighted by Gasteiger charge is 2.41. The Bertz CT molecular complexity index is 1170. The number of nitrogens with one attached hydrogen (secondary N) is 1. The summed E-state index contributed by atoms with van der Waals surface area (Å²) in [5.41, 5.74) is 1.17. The van der Waals surface area contributed by atoms with Gasteiger partial charge in [-0.15, -0.1) is 0 Å². The van der Waals surface area contributed by atoms with Crippen LogP contribution in [-0.4, -0.2) is 18.4 Å². The van der Waals surface area contributed by atoms with Crippen molar-refractivity contribution in [3.8, 4) is 5.75 Å². The van der Waals surface area contributed by atoms with E-state index < -0.39 is 17.6 Å². The van der Waals surface area contributed by atoms with Crippen LogP contribution in [-0.2, 0) is 9.59 Å². The van der Waals surface area contributed by atoms with Crippen molar-refractivity contribution in [3.63, 3.8) is 0 Å². The summed E-state index contributed by atoms with van der Waals surface area (Å²) in [5.74, 6) is -1.25. The molecular formula is C24H18ClFN2O3. The first-order chi connectivity index (χ1) is 15.0. The average molecular weight is 437 g/mol. The van der Waals surface area contributed by atoms with Gasteiger partial charge in [0.15, 0.2) is 0 Å². The van der Waals surface area contributed by atoms with Gasteiger partial charge in [-0.25, -0.2) is 9.29 Å². The van der Waals surface area contributed by atoms with E-state index in [1.54, 1.807) is 54.6 Å². The van der Waals surface area contributed by atoms with E-state index >= 15 is 0 Å². The fourth-order valence-corrected chi connectivity index (χ4v) is 3.45. The molecule has 0 unspecified atom stereocenters. The highest BCUT2D eigenvalue weighted by molar-refractivity contribution is 6.46. The number of ether oxygens (including phenoxy) is 1. The Morgan fingerprint density at radius 1 is 0.935 bits per heavy atom. The van der Waals surface area contributed by atoms with Crippen molar-refractivity contribution in [2.45, 2.75) is 6.92 Å². The van der Waals surface area contributed by atoms with Crippen molar-refractivity contribution in [2.24, 2.45) is 0 Å². The lowest BCUT2D eigenvalue weighted by molar-refractivity contribution is -0.120. The number of hydrogen-bond acceptors (Lipinski definition) is 4. The largest absolute Gasteiger partial charge is 0.494 e. The highest BCUT2D eigenvalue weighted by Crippen LogP contribution is 2.35. The molecule has 1 aliphatic heterocycles. The van der Waals surface area contributed by atoms with Crippen LogP contribution in [0, 0.1) is 5.82 Å². The summed E-state index contributed by atoms with van der Waals surface area (Å²) in [6.45, 7) is 2.42. The first-order valence-electron chi connectivity index (χ1n) is 9.63. The number of benzene rings is 3. The van der Waals surface area contributed by atoms with Crippen molar-refractivity contribution in [2.75, 3.05) is 16.8 Å². The van der Waals surface area contributed by atoms with Crippen LogP contribution >= 0.6 is 11.6 Å². The van der Waals surface area contributed by atoms with Gasteiger partial charge in [0, 0.05) is 10.7 Å². The highest BCUT2D eigenvalue weighted by atomic mass is 35.5. The van der Waals surface area contributed by atoms with Crippen molar-refractivity contribution >= 4 is 40.4 Å². The quantitative estimate of drug-likeness (QED) is 0.534. The molecule has 1 N–H and O–H groups in total. The van der Waals surface area contributed by atoms with Gasteiger partial charge >= 0.3 is 0 Å². The van der Waals surface area contributed by atoms with Crippen LogP contribution in [0.3, 0.4) is 0 Å². The van der Waals surface area contributed by atoms with Crippen LogP contribution in [0.15, 0.2) is 78.5 Å². The van der Waals surface area contributed by atoms with Crippen LogP contribution in [0.4, 0.5) is 15.8 Å². The normalized spacial score (nSPS) is 13.7. The molecular weight excluding hydrogens is 419 g/mol. The van der Waals surface area contributed by atoms with Gasteiger partial charge < -0.3 is 10.1 Å². The molecule has 5 nitrogen and oxygen atoms in total. The third kappa shape index (κ3) is 4.02. The van der Waals surface area contributed by atoms with Crippen LogP contribution in [0.5, 0.6) is 5.75 Å². The molecule has 0 aromatic heterocycles. The van der Waals surface area contributed by atoms with Crippen LogP contribution in [0.2, 0.25) is 5.02 Å². The molecule has 0 saturated heterocycles. The summed E-state index contributed by atoms with van der Waals surface area (Å²) >= 11 is 5.98. The molecule has 1 aliphatic rings. The summed E-state index contributed by atoms with van der Waals surface area (Å²) < 4.78 is 19.9. The van der Waals surface area contributed by atoms with Gasteiger partial charge in [0.25, 0.3) is 11.8 Å². The molecule has 0 radical (unpaired) electrons. The maximum absolute atomic E-state index is 14.4. The second-order valence-electron chi connectivity index (χ2n) is 6.74. The summed E-state index contributed by atoms with van der Waals surface area (Å²) in [4.78, 5) is 27.4. The molecule has 0 bridgehead atoms. The van der Waals surface area contributed by atoms with Crippen molar-refractivity contribution in [1.82, 2.24) is 0 Å². The standard InChI is InChI=1S/C24H18ClFN2O3/c1-2-31-18-13-11-17(12-14-18)27-22-21(15-7-9-16(25)10-8-15)23(29)28(24(22)30)20-6-4-3-5-19(20)26/h3-14,27H,2H2,1H3. The Morgan fingerprint density at radius 2 is 1.61 bits per heavy atom. The summed E-state index contributed by atoms with van der Waals surface area (Å²) in [6.07, 6.45) is 0. The third-order valence-electron chi connectivity index (χ3n) is 4.74. The summed E-state index contributed by atoms with van der Waals surface area (Å²) in [7, 11) is 0. The first-order valence-corrected chi connectivity index (χ1v) is 10.0. The molecule has 4 rings (SSSR count). The van der Waals surface area contributed by atoms with Gasteiger partial charge in [0.05, 0.1) is 17.9 Å². The molecule has 0 atom stereocenters. The molecule has 0 aliphatic carbocycles. The number of halogens is 2. The van der Waals surface area contributed by atoms with Gasteiger partial charge in [0.1, 0.15) is 17.3 Å². The van der Waals surface area contributed by atoms with E-state index in [4.69, 9.17) is 16.3 Å². The predicted octanol–water partition coefficient (Wildman–Crippen LogP) is 5.27.